The summed E-state index contributed by atoms with van der Waals surface area (Å²) in [4.78, 5) is 0. The van der Waals surface area contributed by atoms with Crippen molar-refractivity contribution in [1.29, 1.82) is 0 Å². The SMILES string of the molecule is OCC1OC(c2cc(F)c(F)cc2F)CC1O. The molecule has 3 unspecified atom stereocenters. The summed E-state index contributed by atoms with van der Waals surface area (Å²) in [5, 5.41) is 18.3. The van der Waals surface area contributed by atoms with Gasteiger partial charge in [-0.15, -0.1) is 0 Å². The fraction of sp³-hybridized carbons (Fsp3) is 0.455. The highest BCUT2D eigenvalue weighted by molar-refractivity contribution is 5.23. The average Bonchev–Trinajstić information content (AvgIpc) is 2.65. The van der Waals surface area contributed by atoms with Crippen LogP contribution in [0.15, 0.2) is 12.1 Å². The van der Waals surface area contributed by atoms with E-state index in [-0.39, 0.29) is 12.0 Å². The van der Waals surface area contributed by atoms with Crippen LogP contribution < -0.4 is 0 Å². The van der Waals surface area contributed by atoms with Crippen LogP contribution in [0.2, 0.25) is 0 Å². The largest absolute Gasteiger partial charge is 0.394 e. The Morgan fingerprint density at radius 2 is 1.82 bits per heavy atom. The molecule has 0 aromatic heterocycles. The van der Waals surface area contributed by atoms with Crippen LogP contribution in [0, 0.1) is 17.5 Å². The lowest BCUT2D eigenvalue weighted by Gasteiger charge is -2.13. The zero-order valence-electron chi connectivity index (χ0n) is 8.74. The van der Waals surface area contributed by atoms with Crippen molar-refractivity contribution >= 4 is 0 Å². The molecule has 2 N–H and O–H groups in total. The molecule has 2 rings (SSSR count). The van der Waals surface area contributed by atoms with E-state index in [1.165, 1.54) is 0 Å². The van der Waals surface area contributed by atoms with Crippen molar-refractivity contribution < 1.29 is 28.1 Å². The normalized spacial score (nSPS) is 28.6. The van der Waals surface area contributed by atoms with Gasteiger partial charge in [0.2, 0.25) is 0 Å². The minimum atomic E-state index is -1.27. The van der Waals surface area contributed by atoms with E-state index in [0.717, 1.165) is 0 Å². The Hall–Kier alpha value is -1.11. The van der Waals surface area contributed by atoms with Crippen LogP contribution in [0.4, 0.5) is 13.2 Å². The summed E-state index contributed by atoms with van der Waals surface area (Å²) in [6.45, 7) is -0.414. The second-order valence-electron chi connectivity index (χ2n) is 3.94. The zero-order valence-corrected chi connectivity index (χ0v) is 8.74. The van der Waals surface area contributed by atoms with E-state index in [9.17, 15) is 18.3 Å². The summed E-state index contributed by atoms with van der Waals surface area (Å²) in [5.74, 6) is -3.38. The van der Waals surface area contributed by atoms with E-state index in [0.29, 0.717) is 12.1 Å². The first-order chi connectivity index (χ1) is 8.02. The number of aliphatic hydroxyl groups excluding tert-OH is 2. The molecule has 3 atom stereocenters. The molecule has 0 aliphatic carbocycles. The monoisotopic (exact) mass is 248 g/mol. The number of halogens is 3. The Labute approximate surface area is 95.4 Å². The van der Waals surface area contributed by atoms with Crippen molar-refractivity contribution in [2.75, 3.05) is 6.61 Å². The molecule has 0 radical (unpaired) electrons. The van der Waals surface area contributed by atoms with E-state index < -0.39 is 42.4 Å². The lowest BCUT2D eigenvalue weighted by molar-refractivity contribution is -0.0234. The Morgan fingerprint density at radius 1 is 1.18 bits per heavy atom. The molecule has 1 aromatic carbocycles. The summed E-state index contributed by atoms with van der Waals surface area (Å²) >= 11 is 0. The fourth-order valence-electron chi connectivity index (χ4n) is 1.88. The number of aliphatic hydroxyl groups is 2. The van der Waals surface area contributed by atoms with Crippen molar-refractivity contribution in [3.8, 4) is 0 Å². The van der Waals surface area contributed by atoms with Gasteiger partial charge in [0.1, 0.15) is 11.9 Å². The number of hydrogen-bond acceptors (Lipinski definition) is 3. The lowest BCUT2D eigenvalue weighted by Crippen LogP contribution is -2.24. The highest BCUT2D eigenvalue weighted by Gasteiger charge is 2.35. The molecule has 0 spiro atoms. The first kappa shape index (κ1) is 12.3. The number of ether oxygens (including phenoxy) is 1. The maximum atomic E-state index is 13.4. The summed E-state index contributed by atoms with van der Waals surface area (Å²) in [6.07, 6.45) is -2.62. The van der Waals surface area contributed by atoms with Crippen LogP contribution in [-0.2, 0) is 4.74 Å². The van der Waals surface area contributed by atoms with Gasteiger partial charge in [-0.3, -0.25) is 0 Å². The van der Waals surface area contributed by atoms with Crippen molar-refractivity contribution in [3.05, 3.63) is 35.1 Å². The van der Waals surface area contributed by atoms with Crippen molar-refractivity contribution in [2.24, 2.45) is 0 Å². The molecular formula is C11H11F3O3. The topological polar surface area (TPSA) is 49.7 Å². The van der Waals surface area contributed by atoms with Crippen LogP contribution in [0.3, 0.4) is 0 Å². The number of rotatable bonds is 2. The van der Waals surface area contributed by atoms with E-state index in [4.69, 9.17) is 9.84 Å². The molecule has 1 aromatic rings. The maximum Gasteiger partial charge on any atom is 0.161 e. The lowest BCUT2D eigenvalue weighted by atomic mass is 10.0. The van der Waals surface area contributed by atoms with Gasteiger partial charge >= 0.3 is 0 Å². The molecule has 0 amide bonds. The summed E-state index contributed by atoms with van der Waals surface area (Å²) in [6, 6.07) is 1.15. The molecule has 94 valence electrons. The highest BCUT2D eigenvalue weighted by atomic mass is 19.2. The zero-order chi connectivity index (χ0) is 12.6. The summed E-state index contributed by atoms with van der Waals surface area (Å²) < 4.78 is 44.3. The van der Waals surface area contributed by atoms with Gasteiger partial charge in [-0.1, -0.05) is 0 Å². The minimum Gasteiger partial charge on any atom is -0.394 e. The van der Waals surface area contributed by atoms with E-state index in [1.54, 1.807) is 0 Å². The predicted octanol–water partition coefficient (Wildman–Crippen LogP) is 1.29. The average molecular weight is 248 g/mol. The Morgan fingerprint density at radius 3 is 2.41 bits per heavy atom. The summed E-state index contributed by atoms with van der Waals surface area (Å²) in [7, 11) is 0. The van der Waals surface area contributed by atoms with Gasteiger partial charge < -0.3 is 14.9 Å². The molecule has 17 heavy (non-hydrogen) atoms. The molecule has 1 aliphatic heterocycles. The molecule has 1 aliphatic rings. The van der Waals surface area contributed by atoms with Crippen LogP contribution in [0.5, 0.6) is 0 Å². The Kier molecular flexibility index (Phi) is 3.37. The van der Waals surface area contributed by atoms with Crippen molar-refractivity contribution in [1.82, 2.24) is 0 Å². The third kappa shape index (κ3) is 2.29. The van der Waals surface area contributed by atoms with Gasteiger partial charge in [-0.05, 0) is 6.07 Å². The Bertz CT molecular complexity index is 425. The minimum absolute atomic E-state index is 0.0349. The molecular weight excluding hydrogens is 237 g/mol. The molecule has 1 saturated heterocycles. The van der Waals surface area contributed by atoms with Crippen LogP contribution in [-0.4, -0.2) is 29.0 Å². The molecule has 1 fully saturated rings. The molecule has 3 nitrogen and oxygen atoms in total. The summed E-state index contributed by atoms with van der Waals surface area (Å²) in [5.41, 5.74) is -0.154. The van der Waals surface area contributed by atoms with E-state index in [2.05, 4.69) is 0 Å². The molecule has 1 heterocycles. The smallest absolute Gasteiger partial charge is 0.161 e. The predicted molar refractivity (Wildman–Crippen MR) is 51.6 cm³/mol. The first-order valence-electron chi connectivity index (χ1n) is 5.11. The van der Waals surface area contributed by atoms with Gasteiger partial charge in [-0.25, -0.2) is 13.2 Å². The molecule has 0 saturated carbocycles. The fourth-order valence-corrected chi connectivity index (χ4v) is 1.88. The van der Waals surface area contributed by atoms with Crippen molar-refractivity contribution in [2.45, 2.75) is 24.7 Å². The third-order valence-corrected chi connectivity index (χ3v) is 2.79. The molecule has 0 bridgehead atoms. The number of hydrogen-bond donors (Lipinski definition) is 2. The highest BCUT2D eigenvalue weighted by Crippen LogP contribution is 2.34. The number of benzene rings is 1. The molecule has 6 heteroatoms. The second-order valence-corrected chi connectivity index (χ2v) is 3.94. The first-order valence-corrected chi connectivity index (χ1v) is 5.11. The van der Waals surface area contributed by atoms with Crippen molar-refractivity contribution in [3.63, 3.8) is 0 Å². The van der Waals surface area contributed by atoms with Gasteiger partial charge in [0, 0.05) is 18.1 Å². The standard InChI is InChI=1S/C11H11F3O3/c12-6-2-8(14)7(13)1-5(6)10-3-9(16)11(4-15)17-10/h1-2,9-11,15-16H,3-4H2. The van der Waals surface area contributed by atoms with Gasteiger partial charge in [0.15, 0.2) is 11.6 Å². The van der Waals surface area contributed by atoms with E-state index >= 15 is 0 Å². The van der Waals surface area contributed by atoms with Crippen LogP contribution in [0.25, 0.3) is 0 Å². The van der Waals surface area contributed by atoms with Gasteiger partial charge in [0.05, 0.1) is 18.8 Å². The van der Waals surface area contributed by atoms with Gasteiger partial charge in [0.25, 0.3) is 0 Å². The maximum absolute atomic E-state index is 13.4. The second kappa shape index (κ2) is 4.64. The quantitative estimate of drug-likeness (QED) is 0.775. The Balaban J connectivity index is 2.27. The van der Waals surface area contributed by atoms with Crippen LogP contribution in [0.1, 0.15) is 18.1 Å². The van der Waals surface area contributed by atoms with E-state index in [1.807, 2.05) is 0 Å². The van der Waals surface area contributed by atoms with Crippen LogP contribution >= 0.6 is 0 Å². The third-order valence-electron chi connectivity index (χ3n) is 2.79. The van der Waals surface area contributed by atoms with Gasteiger partial charge in [-0.2, -0.15) is 0 Å².